The molecule has 0 unspecified atom stereocenters. The Balaban J connectivity index is 1.48. The van der Waals surface area contributed by atoms with E-state index < -0.39 is 0 Å². The fourth-order valence-electron chi connectivity index (χ4n) is 4.40. The standard InChI is InChI=1S/C27H28N6O2S/c1-5-28-27-32-24(19-12-16(2)13-21(15-19)35-4)25(36-27)22-8-10-29-26(31-22)30-20-6-7-23-18(14-20)9-11-33(23)17(3)34/h6-8,10,12-15H,5,9,11H2,1-4H3,(H,28,32)(H,29,30,31). The molecule has 0 bridgehead atoms. The van der Waals surface area contributed by atoms with Gasteiger partial charge in [0.1, 0.15) is 5.75 Å². The van der Waals surface area contributed by atoms with Crippen LogP contribution in [0.5, 0.6) is 5.75 Å². The molecule has 0 fully saturated rings. The summed E-state index contributed by atoms with van der Waals surface area (Å²) < 4.78 is 5.50. The number of anilines is 4. The molecule has 36 heavy (non-hydrogen) atoms. The van der Waals surface area contributed by atoms with Crippen molar-refractivity contribution in [2.45, 2.75) is 27.2 Å². The molecule has 184 valence electrons. The van der Waals surface area contributed by atoms with Gasteiger partial charge in [0.25, 0.3) is 0 Å². The van der Waals surface area contributed by atoms with Crippen molar-refractivity contribution in [2.24, 2.45) is 0 Å². The van der Waals surface area contributed by atoms with Gasteiger partial charge < -0.3 is 20.3 Å². The first kappa shape index (κ1) is 23.7. The van der Waals surface area contributed by atoms with Crippen molar-refractivity contribution in [1.82, 2.24) is 15.0 Å². The Morgan fingerprint density at radius 2 is 2.03 bits per heavy atom. The highest BCUT2D eigenvalue weighted by molar-refractivity contribution is 7.19. The molecule has 0 radical (unpaired) electrons. The number of fused-ring (bicyclic) bond motifs is 1. The smallest absolute Gasteiger partial charge is 0.227 e. The quantitative estimate of drug-likeness (QED) is 0.338. The van der Waals surface area contributed by atoms with E-state index in [2.05, 4.69) is 34.7 Å². The van der Waals surface area contributed by atoms with Gasteiger partial charge in [0.15, 0.2) is 5.13 Å². The number of aromatic nitrogens is 3. The molecule has 0 saturated heterocycles. The lowest BCUT2D eigenvalue weighted by Crippen LogP contribution is -2.25. The van der Waals surface area contributed by atoms with Crippen LogP contribution in [0.15, 0.2) is 48.7 Å². The number of rotatable bonds is 7. The second kappa shape index (κ2) is 9.94. The van der Waals surface area contributed by atoms with Crippen LogP contribution in [0.2, 0.25) is 0 Å². The summed E-state index contributed by atoms with van der Waals surface area (Å²) in [5.41, 5.74) is 6.71. The maximum absolute atomic E-state index is 11.9. The number of hydrogen-bond donors (Lipinski definition) is 2. The Kier molecular flexibility index (Phi) is 6.56. The van der Waals surface area contributed by atoms with Crippen LogP contribution < -0.4 is 20.3 Å². The lowest BCUT2D eigenvalue weighted by Gasteiger charge is -2.15. The van der Waals surface area contributed by atoms with E-state index in [1.165, 1.54) is 0 Å². The van der Waals surface area contributed by atoms with Crippen LogP contribution in [0.3, 0.4) is 0 Å². The van der Waals surface area contributed by atoms with Gasteiger partial charge in [0, 0.05) is 43.1 Å². The van der Waals surface area contributed by atoms with E-state index in [1.807, 2.05) is 42.2 Å². The Morgan fingerprint density at radius 1 is 1.17 bits per heavy atom. The second-order valence-corrected chi connectivity index (χ2v) is 9.62. The fraction of sp³-hybridized carbons (Fsp3) is 0.259. The largest absolute Gasteiger partial charge is 0.497 e. The molecule has 5 rings (SSSR count). The summed E-state index contributed by atoms with van der Waals surface area (Å²) in [6.07, 6.45) is 2.59. The zero-order valence-corrected chi connectivity index (χ0v) is 21.6. The topological polar surface area (TPSA) is 92.3 Å². The van der Waals surface area contributed by atoms with E-state index in [4.69, 9.17) is 14.7 Å². The number of ether oxygens (including phenoxy) is 1. The summed E-state index contributed by atoms with van der Waals surface area (Å²) in [5.74, 6) is 1.35. The summed E-state index contributed by atoms with van der Waals surface area (Å²) in [6.45, 7) is 7.19. The second-order valence-electron chi connectivity index (χ2n) is 8.62. The highest BCUT2D eigenvalue weighted by Gasteiger charge is 2.22. The lowest BCUT2D eigenvalue weighted by molar-refractivity contribution is -0.116. The van der Waals surface area contributed by atoms with E-state index in [1.54, 1.807) is 31.6 Å². The number of nitrogens with zero attached hydrogens (tertiary/aromatic N) is 4. The van der Waals surface area contributed by atoms with E-state index in [9.17, 15) is 4.79 Å². The minimum absolute atomic E-state index is 0.0639. The number of carbonyl (C=O) groups is 1. The van der Waals surface area contributed by atoms with Crippen molar-refractivity contribution in [2.75, 3.05) is 35.7 Å². The number of carbonyl (C=O) groups excluding carboxylic acids is 1. The molecule has 0 aliphatic carbocycles. The molecular formula is C27H28N6O2S. The molecule has 0 spiro atoms. The van der Waals surface area contributed by atoms with Crippen molar-refractivity contribution in [3.63, 3.8) is 0 Å². The Morgan fingerprint density at radius 3 is 2.81 bits per heavy atom. The van der Waals surface area contributed by atoms with Crippen LogP contribution in [-0.2, 0) is 11.2 Å². The van der Waals surface area contributed by atoms with Crippen LogP contribution in [-0.4, -0.2) is 41.1 Å². The van der Waals surface area contributed by atoms with Crippen LogP contribution in [0.1, 0.15) is 25.0 Å². The average molecular weight is 501 g/mol. The van der Waals surface area contributed by atoms with E-state index in [-0.39, 0.29) is 5.91 Å². The summed E-state index contributed by atoms with van der Waals surface area (Å²) >= 11 is 1.57. The molecule has 0 atom stereocenters. The van der Waals surface area contributed by atoms with Gasteiger partial charge in [-0.2, -0.15) is 0 Å². The predicted molar refractivity (Wildman–Crippen MR) is 145 cm³/mol. The highest BCUT2D eigenvalue weighted by atomic mass is 32.1. The zero-order chi connectivity index (χ0) is 25.2. The van der Waals surface area contributed by atoms with Crippen molar-refractivity contribution >= 4 is 39.7 Å². The number of aryl methyl sites for hydroxylation is 1. The van der Waals surface area contributed by atoms with Crippen LogP contribution in [0, 0.1) is 6.92 Å². The third kappa shape index (κ3) is 4.74. The molecule has 3 heterocycles. The Bertz CT molecular complexity index is 1430. The molecule has 1 aliphatic heterocycles. The van der Waals surface area contributed by atoms with Gasteiger partial charge in [-0.3, -0.25) is 4.79 Å². The van der Waals surface area contributed by atoms with Crippen molar-refractivity contribution < 1.29 is 9.53 Å². The number of hydrogen-bond acceptors (Lipinski definition) is 8. The molecule has 0 saturated carbocycles. The minimum atomic E-state index is 0.0639. The highest BCUT2D eigenvalue weighted by Crippen LogP contribution is 2.40. The maximum atomic E-state index is 11.9. The van der Waals surface area contributed by atoms with Gasteiger partial charge >= 0.3 is 0 Å². The number of benzene rings is 2. The monoisotopic (exact) mass is 500 g/mol. The molecule has 2 aromatic heterocycles. The van der Waals surface area contributed by atoms with Gasteiger partial charge in [-0.05, 0) is 73.9 Å². The maximum Gasteiger partial charge on any atom is 0.227 e. The summed E-state index contributed by atoms with van der Waals surface area (Å²) in [5, 5.41) is 7.50. The first-order valence-electron chi connectivity index (χ1n) is 11.9. The van der Waals surface area contributed by atoms with Gasteiger partial charge in [-0.25, -0.2) is 15.0 Å². The van der Waals surface area contributed by atoms with Crippen LogP contribution >= 0.6 is 11.3 Å². The number of thiazole rings is 1. The molecule has 9 heteroatoms. The van der Waals surface area contributed by atoms with Crippen LogP contribution in [0.25, 0.3) is 21.8 Å². The fourth-order valence-corrected chi connectivity index (χ4v) is 5.43. The summed E-state index contributed by atoms with van der Waals surface area (Å²) in [6, 6.07) is 14.0. The van der Waals surface area contributed by atoms with Gasteiger partial charge in [0.2, 0.25) is 11.9 Å². The minimum Gasteiger partial charge on any atom is -0.497 e. The third-order valence-corrected chi connectivity index (χ3v) is 7.05. The summed E-state index contributed by atoms with van der Waals surface area (Å²) in [7, 11) is 1.67. The van der Waals surface area contributed by atoms with Crippen molar-refractivity contribution in [3.05, 3.63) is 59.8 Å². The van der Waals surface area contributed by atoms with Crippen molar-refractivity contribution in [3.8, 4) is 27.6 Å². The van der Waals surface area contributed by atoms with Gasteiger partial charge in [-0.15, -0.1) is 0 Å². The molecule has 4 aromatic rings. The molecule has 8 nitrogen and oxygen atoms in total. The zero-order valence-electron chi connectivity index (χ0n) is 20.8. The average Bonchev–Trinajstić information content (AvgIpc) is 3.48. The molecule has 2 aromatic carbocycles. The number of nitrogens with one attached hydrogen (secondary N) is 2. The summed E-state index contributed by atoms with van der Waals surface area (Å²) in [4.78, 5) is 28.8. The van der Waals surface area contributed by atoms with Crippen LogP contribution in [0.4, 0.5) is 22.5 Å². The molecular weight excluding hydrogens is 472 g/mol. The van der Waals surface area contributed by atoms with Gasteiger partial charge in [-0.1, -0.05) is 11.3 Å². The predicted octanol–water partition coefficient (Wildman–Crippen LogP) is 5.67. The molecule has 1 aliphatic rings. The first-order chi connectivity index (χ1) is 17.4. The normalized spacial score (nSPS) is 12.4. The number of amides is 1. The third-order valence-electron chi connectivity index (χ3n) is 6.01. The van der Waals surface area contributed by atoms with E-state index >= 15 is 0 Å². The van der Waals surface area contributed by atoms with Crippen molar-refractivity contribution in [1.29, 1.82) is 0 Å². The first-order valence-corrected chi connectivity index (χ1v) is 12.7. The van der Waals surface area contributed by atoms with E-state index in [0.717, 1.165) is 68.2 Å². The molecule has 2 N–H and O–H groups in total. The van der Waals surface area contributed by atoms with Gasteiger partial charge in [0.05, 0.1) is 23.4 Å². The number of methoxy groups -OCH3 is 1. The molecule has 1 amide bonds. The Hall–Kier alpha value is -3.98. The van der Waals surface area contributed by atoms with E-state index in [0.29, 0.717) is 12.5 Å². The SMILES string of the molecule is CCNc1nc(-c2cc(C)cc(OC)c2)c(-c2ccnc(Nc3ccc4c(c3)CCN4C(C)=O)n2)s1. The Labute approximate surface area is 214 Å². The lowest BCUT2D eigenvalue weighted by atomic mass is 10.1.